The van der Waals surface area contributed by atoms with E-state index in [-0.39, 0.29) is 11.6 Å². The molecule has 4 aromatic rings. The number of hydrogen-bond donors (Lipinski definition) is 2. The van der Waals surface area contributed by atoms with Gasteiger partial charge in [-0.2, -0.15) is 4.98 Å². The summed E-state index contributed by atoms with van der Waals surface area (Å²) in [5.41, 5.74) is 7.21. The van der Waals surface area contributed by atoms with Gasteiger partial charge in [-0.15, -0.1) is 0 Å². The molecule has 0 bridgehead atoms. The van der Waals surface area contributed by atoms with Crippen molar-refractivity contribution in [3.8, 4) is 11.6 Å². The average molecular weight is 397 g/mol. The zero-order valence-electron chi connectivity index (χ0n) is 14.0. The molecule has 0 atom stereocenters. The highest BCUT2D eigenvalue weighted by molar-refractivity contribution is 6.42. The van der Waals surface area contributed by atoms with Crippen molar-refractivity contribution in [2.45, 2.75) is 0 Å². The summed E-state index contributed by atoms with van der Waals surface area (Å²) in [5.74, 6) is 1.35. The Kier molecular flexibility index (Phi) is 4.71. The third-order valence-electron chi connectivity index (χ3n) is 3.99. The normalized spacial score (nSPS) is 10.7. The molecule has 0 spiro atoms. The molecule has 0 saturated heterocycles. The Hall–Kier alpha value is -3.02. The number of fused-ring (bicyclic) bond motifs is 1. The van der Waals surface area contributed by atoms with E-state index in [1.807, 2.05) is 42.5 Å². The van der Waals surface area contributed by atoms with Crippen LogP contribution in [0.3, 0.4) is 0 Å². The largest absolute Gasteiger partial charge is 0.436 e. The summed E-state index contributed by atoms with van der Waals surface area (Å²) < 4.78 is 5.98. The van der Waals surface area contributed by atoms with Gasteiger partial charge in [-0.3, -0.25) is 0 Å². The second-order valence-corrected chi connectivity index (χ2v) is 6.59. The number of nitrogens with two attached hydrogens (primary N) is 1. The van der Waals surface area contributed by atoms with Gasteiger partial charge in [0.1, 0.15) is 17.8 Å². The van der Waals surface area contributed by atoms with Crippen LogP contribution in [0.15, 0.2) is 67.0 Å². The maximum absolute atomic E-state index is 6.22. The Balaban J connectivity index is 1.66. The SMILES string of the molecule is Nc1c(Nc2ccc(Cl)c(Cl)c2)ncnc1Oc1cccc2ccccc12. The lowest BCUT2D eigenvalue weighted by Gasteiger charge is -2.13. The second-order valence-electron chi connectivity index (χ2n) is 5.77. The molecule has 1 heterocycles. The van der Waals surface area contributed by atoms with Crippen LogP contribution < -0.4 is 15.8 Å². The Labute approximate surface area is 165 Å². The molecule has 3 aromatic carbocycles. The number of hydrogen-bond acceptors (Lipinski definition) is 5. The monoisotopic (exact) mass is 396 g/mol. The molecule has 0 saturated carbocycles. The van der Waals surface area contributed by atoms with E-state index in [9.17, 15) is 0 Å². The minimum atomic E-state index is 0.268. The van der Waals surface area contributed by atoms with E-state index >= 15 is 0 Å². The fourth-order valence-electron chi connectivity index (χ4n) is 2.66. The Morgan fingerprint density at radius 2 is 1.70 bits per heavy atom. The Morgan fingerprint density at radius 1 is 0.889 bits per heavy atom. The highest BCUT2D eigenvalue weighted by Gasteiger charge is 2.12. The van der Waals surface area contributed by atoms with Crippen LogP contribution in [-0.2, 0) is 0 Å². The van der Waals surface area contributed by atoms with Crippen molar-refractivity contribution in [2.24, 2.45) is 0 Å². The van der Waals surface area contributed by atoms with E-state index in [0.29, 0.717) is 27.3 Å². The van der Waals surface area contributed by atoms with Gasteiger partial charge >= 0.3 is 0 Å². The summed E-state index contributed by atoms with van der Waals surface area (Å²) in [6, 6.07) is 18.9. The lowest BCUT2D eigenvalue weighted by Crippen LogP contribution is -2.03. The maximum Gasteiger partial charge on any atom is 0.248 e. The molecule has 1 aromatic heterocycles. The summed E-state index contributed by atoms with van der Waals surface area (Å²) in [7, 11) is 0. The minimum Gasteiger partial charge on any atom is -0.436 e. The lowest BCUT2D eigenvalue weighted by atomic mass is 10.1. The third kappa shape index (κ3) is 3.60. The number of ether oxygens (including phenoxy) is 1. The molecule has 0 radical (unpaired) electrons. The smallest absolute Gasteiger partial charge is 0.248 e. The second kappa shape index (κ2) is 7.31. The average Bonchev–Trinajstić information content (AvgIpc) is 2.68. The number of nitrogen functional groups attached to an aromatic ring is 1. The van der Waals surface area contributed by atoms with Crippen molar-refractivity contribution in [3.63, 3.8) is 0 Å². The summed E-state index contributed by atoms with van der Waals surface area (Å²) in [4.78, 5) is 8.36. The van der Waals surface area contributed by atoms with Crippen LogP contribution in [0.5, 0.6) is 11.6 Å². The highest BCUT2D eigenvalue weighted by atomic mass is 35.5. The molecule has 0 aliphatic rings. The molecule has 134 valence electrons. The van der Waals surface area contributed by atoms with Crippen LogP contribution in [-0.4, -0.2) is 9.97 Å². The van der Waals surface area contributed by atoms with Crippen LogP contribution in [0, 0.1) is 0 Å². The Bertz CT molecular complexity index is 1130. The highest BCUT2D eigenvalue weighted by Crippen LogP contribution is 2.35. The van der Waals surface area contributed by atoms with Crippen LogP contribution in [0.25, 0.3) is 10.8 Å². The van der Waals surface area contributed by atoms with E-state index in [1.165, 1.54) is 6.33 Å². The molecule has 5 nitrogen and oxygen atoms in total. The fourth-order valence-corrected chi connectivity index (χ4v) is 2.96. The zero-order valence-corrected chi connectivity index (χ0v) is 15.5. The first kappa shape index (κ1) is 17.4. The quantitative estimate of drug-likeness (QED) is 0.438. The van der Waals surface area contributed by atoms with E-state index in [0.717, 1.165) is 10.8 Å². The summed E-state index contributed by atoms with van der Waals surface area (Å²) >= 11 is 12.0. The topological polar surface area (TPSA) is 73.1 Å². The zero-order chi connectivity index (χ0) is 18.8. The molecular weight excluding hydrogens is 383 g/mol. The molecular formula is C20H14Cl2N4O. The van der Waals surface area contributed by atoms with Gasteiger partial charge in [0.15, 0.2) is 5.82 Å². The van der Waals surface area contributed by atoms with Gasteiger partial charge in [-0.25, -0.2) is 4.98 Å². The van der Waals surface area contributed by atoms with Crippen molar-refractivity contribution in [1.29, 1.82) is 0 Å². The molecule has 4 rings (SSSR count). The molecule has 0 fully saturated rings. The third-order valence-corrected chi connectivity index (χ3v) is 4.72. The number of aromatic nitrogens is 2. The number of nitrogens with zero attached hydrogens (tertiary/aromatic N) is 2. The minimum absolute atomic E-state index is 0.268. The molecule has 3 N–H and O–H groups in total. The number of benzene rings is 3. The van der Waals surface area contributed by atoms with Crippen molar-refractivity contribution >= 4 is 51.2 Å². The summed E-state index contributed by atoms with van der Waals surface area (Å²) in [6.07, 6.45) is 1.39. The fraction of sp³-hybridized carbons (Fsp3) is 0. The first-order chi connectivity index (χ1) is 13.1. The first-order valence-corrected chi connectivity index (χ1v) is 8.85. The Morgan fingerprint density at radius 3 is 2.56 bits per heavy atom. The van der Waals surface area contributed by atoms with Crippen LogP contribution in [0.2, 0.25) is 10.0 Å². The molecule has 0 aliphatic carbocycles. The summed E-state index contributed by atoms with van der Waals surface area (Å²) in [6.45, 7) is 0. The number of anilines is 3. The number of nitrogens with one attached hydrogen (secondary N) is 1. The van der Waals surface area contributed by atoms with Gasteiger partial charge in [0.25, 0.3) is 0 Å². The van der Waals surface area contributed by atoms with Crippen molar-refractivity contribution in [1.82, 2.24) is 9.97 Å². The first-order valence-electron chi connectivity index (χ1n) is 8.10. The van der Waals surface area contributed by atoms with Crippen LogP contribution >= 0.6 is 23.2 Å². The van der Waals surface area contributed by atoms with Gasteiger partial charge in [0.2, 0.25) is 5.88 Å². The molecule has 7 heteroatoms. The van der Waals surface area contributed by atoms with Crippen molar-refractivity contribution < 1.29 is 4.74 Å². The van der Waals surface area contributed by atoms with E-state index < -0.39 is 0 Å². The van der Waals surface area contributed by atoms with Crippen molar-refractivity contribution in [2.75, 3.05) is 11.1 Å². The standard InChI is InChI=1S/C20H14Cl2N4O/c21-15-9-8-13(10-16(15)22)26-19-18(23)20(25-11-24-19)27-17-7-3-5-12-4-1-2-6-14(12)17/h1-11H,23H2,(H,24,25,26). The van der Waals surface area contributed by atoms with E-state index in [1.54, 1.807) is 18.2 Å². The number of halogens is 2. The molecule has 27 heavy (non-hydrogen) atoms. The van der Waals surface area contributed by atoms with Gasteiger partial charge < -0.3 is 15.8 Å². The number of rotatable bonds is 4. The van der Waals surface area contributed by atoms with E-state index in [4.69, 9.17) is 33.7 Å². The predicted molar refractivity (Wildman–Crippen MR) is 110 cm³/mol. The van der Waals surface area contributed by atoms with Crippen molar-refractivity contribution in [3.05, 3.63) is 77.0 Å². The maximum atomic E-state index is 6.22. The lowest BCUT2D eigenvalue weighted by molar-refractivity contribution is 0.470. The predicted octanol–water partition coefficient (Wildman–Crippen LogP) is 6.05. The molecule has 0 unspecified atom stereocenters. The van der Waals surface area contributed by atoms with Crippen LogP contribution in [0.1, 0.15) is 0 Å². The molecule has 0 aliphatic heterocycles. The van der Waals surface area contributed by atoms with Gasteiger partial charge in [-0.05, 0) is 29.7 Å². The van der Waals surface area contributed by atoms with E-state index in [2.05, 4.69) is 15.3 Å². The van der Waals surface area contributed by atoms with Gasteiger partial charge in [-0.1, -0.05) is 59.6 Å². The molecule has 0 amide bonds. The summed E-state index contributed by atoms with van der Waals surface area (Å²) in [5, 5.41) is 6.04. The van der Waals surface area contributed by atoms with Gasteiger partial charge in [0.05, 0.1) is 10.0 Å². The van der Waals surface area contributed by atoms with Gasteiger partial charge in [0, 0.05) is 11.1 Å². The van der Waals surface area contributed by atoms with Crippen LogP contribution in [0.4, 0.5) is 17.2 Å².